The highest BCUT2D eigenvalue weighted by atomic mass is 32.1. The Labute approximate surface area is 151 Å². The van der Waals surface area contributed by atoms with E-state index in [0.717, 1.165) is 47.5 Å². The van der Waals surface area contributed by atoms with Crippen LogP contribution in [0.25, 0.3) is 5.65 Å². The Balaban J connectivity index is 1.44. The van der Waals surface area contributed by atoms with Crippen LogP contribution in [0.2, 0.25) is 0 Å². The molecule has 0 amide bonds. The zero-order valence-corrected chi connectivity index (χ0v) is 15.6. The molecule has 8 heteroatoms. The molecule has 0 aromatic carbocycles. The normalized spacial score (nSPS) is 11.9. The molecule has 3 aromatic heterocycles. The van der Waals surface area contributed by atoms with Gasteiger partial charge in [-0.2, -0.15) is 0 Å². The lowest BCUT2D eigenvalue weighted by Crippen LogP contribution is -2.37. The minimum Gasteiger partial charge on any atom is -0.356 e. The largest absolute Gasteiger partial charge is 0.356 e. The van der Waals surface area contributed by atoms with E-state index in [4.69, 9.17) is 0 Å². The minimum absolute atomic E-state index is 0.688. The highest BCUT2D eigenvalue weighted by Gasteiger charge is 2.06. The highest BCUT2D eigenvalue weighted by molar-refractivity contribution is 7.11. The highest BCUT2D eigenvalue weighted by Crippen LogP contribution is 2.15. The lowest BCUT2D eigenvalue weighted by atomic mass is 10.3. The topological polar surface area (TPSA) is 79.5 Å². The fraction of sp³-hybridized carbons (Fsp3) is 0.412. The van der Waals surface area contributed by atoms with Gasteiger partial charge in [0.1, 0.15) is 10.8 Å². The lowest BCUT2D eigenvalue weighted by Gasteiger charge is -2.10. The lowest BCUT2D eigenvalue weighted by molar-refractivity contribution is 0.713. The van der Waals surface area contributed by atoms with Crippen LogP contribution >= 0.6 is 11.3 Å². The molecule has 3 aromatic rings. The number of aliphatic imine (C=N–C) groups is 1. The van der Waals surface area contributed by atoms with Gasteiger partial charge in [0, 0.05) is 31.1 Å². The molecule has 132 valence electrons. The summed E-state index contributed by atoms with van der Waals surface area (Å²) in [5.74, 6) is 1.77. The maximum atomic E-state index is 4.53. The zero-order chi connectivity index (χ0) is 17.6. The van der Waals surface area contributed by atoms with E-state index in [0.29, 0.717) is 6.54 Å². The first-order chi connectivity index (χ1) is 12.2. The van der Waals surface area contributed by atoms with Crippen LogP contribution in [0.1, 0.15) is 27.8 Å². The van der Waals surface area contributed by atoms with Crippen molar-refractivity contribution in [3.8, 4) is 0 Å². The van der Waals surface area contributed by atoms with Crippen LogP contribution in [-0.4, -0.2) is 39.1 Å². The van der Waals surface area contributed by atoms with Crippen molar-refractivity contribution in [1.29, 1.82) is 0 Å². The number of nitrogens with zero attached hydrogens (tertiary/aromatic N) is 5. The Bertz CT molecular complexity index is 845. The molecule has 0 atom stereocenters. The van der Waals surface area contributed by atoms with Crippen LogP contribution < -0.4 is 10.6 Å². The van der Waals surface area contributed by atoms with Crippen LogP contribution in [0.5, 0.6) is 0 Å². The van der Waals surface area contributed by atoms with Crippen molar-refractivity contribution in [3.63, 3.8) is 0 Å². The van der Waals surface area contributed by atoms with Gasteiger partial charge in [-0.25, -0.2) is 4.98 Å². The Hall–Kier alpha value is -2.48. The number of guanidine groups is 1. The van der Waals surface area contributed by atoms with Gasteiger partial charge in [0.2, 0.25) is 0 Å². The Kier molecular flexibility index (Phi) is 5.60. The first-order valence-corrected chi connectivity index (χ1v) is 9.15. The number of pyridine rings is 1. The fourth-order valence-corrected chi connectivity index (χ4v) is 3.38. The van der Waals surface area contributed by atoms with E-state index in [1.54, 1.807) is 18.4 Å². The van der Waals surface area contributed by atoms with Crippen LogP contribution in [0, 0.1) is 13.8 Å². The third-order valence-electron chi connectivity index (χ3n) is 3.96. The predicted molar refractivity (Wildman–Crippen MR) is 101 cm³/mol. The summed E-state index contributed by atoms with van der Waals surface area (Å²) < 4.78 is 2.03. The van der Waals surface area contributed by atoms with Gasteiger partial charge < -0.3 is 10.6 Å². The van der Waals surface area contributed by atoms with Gasteiger partial charge in [0.05, 0.1) is 12.2 Å². The molecule has 25 heavy (non-hydrogen) atoms. The molecule has 3 rings (SSSR count). The molecule has 2 N–H and O–H groups in total. The van der Waals surface area contributed by atoms with Crippen molar-refractivity contribution in [2.24, 2.45) is 4.99 Å². The van der Waals surface area contributed by atoms with E-state index < -0.39 is 0 Å². The number of rotatable bonds is 6. The van der Waals surface area contributed by atoms with Gasteiger partial charge in [-0.3, -0.25) is 9.39 Å². The summed E-state index contributed by atoms with van der Waals surface area (Å²) in [5, 5.41) is 16.1. The zero-order valence-electron chi connectivity index (χ0n) is 14.8. The summed E-state index contributed by atoms with van der Waals surface area (Å²) in [5.41, 5.74) is 1.99. The number of aryl methyl sites for hydroxylation is 3. The monoisotopic (exact) mass is 357 g/mol. The molecule has 0 spiro atoms. The SMILES string of the molecule is CN=C(NCCCc1nnc2ccccn12)NCc1nc(C)c(C)s1. The van der Waals surface area contributed by atoms with Crippen LogP contribution in [0.15, 0.2) is 29.4 Å². The van der Waals surface area contributed by atoms with E-state index in [9.17, 15) is 0 Å². The summed E-state index contributed by atoms with van der Waals surface area (Å²) in [6.07, 6.45) is 3.81. The number of aromatic nitrogens is 4. The quantitative estimate of drug-likeness (QED) is 0.401. The second kappa shape index (κ2) is 8.06. The number of thiazole rings is 1. The smallest absolute Gasteiger partial charge is 0.191 e. The molecule has 0 bridgehead atoms. The fourth-order valence-electron chi connectivity index (χ4n) is 2.51. The molecule has 0 unspecified atom stereocenters. The average Bonchev–Trinajstić information content (AvgIpc) is 3.18. The van der Waals surface area contributed by atoms with Gasteiger partial charge in [-0.1, -0.05) is 6.07 Å². The Morgan fingerprint density at radius 1 is 1.24 bits per heavy atom. The third kappa shape index (κ3) is 4.33. The Morgan fingerprint density at radius 2 is 2.12 bits per heavy atom. The second-order valence-corrected chi connectivity index (χ2v) is 7.04. The van der Waals surface area contributed by atoms with Gasteiger partial charge in [-0.05, 0) is 32.4 Å². The number of hydrogen-bond donors (Lipinski definition) is 2. The van der Waals surface area contributed by atoms with Crippen LogP contribution in [-0.2, 0) is 13.0 Å². The standard InChI is InChI=1S/C17H23N7S/c1-12-13(2)25-16(21-12)11-20-17(18-3)19-9-6-8-15-23-22-14-7-4-5-10-24(14)15/h4-5,7,10H,6,8-9,11H2,1-3H3,(H2,18,19,20). The second-order valence-electron chi connectivity index (χ2n) is 5.75. The van der Waals surface area contributed by atoms with Gasteiger partial charge in [-0.15, -0.1) is 21.5 Å². The summed E-state index contributed by atoms with van der Waals surface area (Å²) in [6, 6.07) is 5.92. The average molecular weight is 357 g/mol. The number of hydrogen-bond acceptors (Lipinski definition) is 5. The first kappa shape index (κ1) is 17.3. The summed E-state index contributed by atoms with van der Waals surface area (Å²) in [6.45, 7) is 5.64. The molecule has 3 heterocycles. The van der Waals surface area contributed by atoms with Gasteiger partial charge in [0.15, 0.2) is 11.6 Å². The van der Waals surface area contributed by atoms with E-state index in [2.05, 4.69) is 37.7 Å². The third-order valence-corrected chi connectivity index (χ3v) is 5.03. The van der Waals surface area contributed by atoms with E-state index in [1.165, 1.54) is 4.88 Å². The van der Waals surface area contributed by atoms with Crippen molar-refractivity contribution in [1.82, 2.24) is 30.2 Å². The van der Waals surface area contributed by atoms with Crippen molar-refractivity contribution < 1.29 is 0 Å². The molecule has 0 saturated heterocycles. The van der Waals surface area contributed by atoms with E-state index >= 15 is 0 Å². The molecule has 0 aliphatic heterocycles. The predicted octanol–water partition coefficient (Wildman–Crippen LogP) is 2.10. The number of fused-ring (bicyclic) bond motifs is 1. The Morgan fingerprint density at radius 3 is 2.88 bits per heavy atom. The number of nitrogens with one attached hydrogen (secondary N) is 2. The summed E-state index contributed by atoms with van der Waals surface area (Å²) in [4.78, 5) is 10.0. The molecule has 0 aliphatic carbocycles. The van der Waals surface area contributed by atoms with Crippen molar-refractivity contribution in [2.45, 2.75) is 33.2 Å². The minimum atomic E-state index is 0.688. The van der Waals surface area contributed by atoms with Crippen molar-refractivity contribution in [3.05, 3.63) is 45.8 Å². The van der Waals surface area contributed by atoms with Crippen molar-refractivity contribution >= 4 is 22.9 Å². The van der Waals surface area contributed by atoms with Crippen LogP contribution in [0.4, 0.5) is 0 Å². The first-order valence-electron chi connectivity index (χ1n) is 8.33. The summed E-state index contributed by atoms with van der Waals surface area (Å²) in [7, 11) is 1.78. The van der Waals surface area contributed by atoms with E-state index in [-0.39, 0.29) is 0 Å². The molecule has 0 aliphatic rings. The molecule has 7 nitrogen and oxygen atoms in total. The van der Waals surface area contributed by atoms with Gasteiger partial charge >= 0.3 is 0 Å². The maximum Gasteiger partial charge on any atom is 0.191 e. The van der Waals surface area contributed by atoms with Gasteiger partial charge in [0.25, 0.3) is 0 Å². The molecule has 0 saturated carbocycles. The van der Waals surface area contributed by atoms with E-state index in [1.807, 2.05) is 35.7 Å². The van der Waals surface area contributed by atoms with Crippen LogP contribution in [0.3, 0.4) is 0 Å². The summed E-state index contributed by atoms with van der Waals surface area (Å²) >= 11 is 1.72. The molecule has 0 radical (unpaired) electrons. The van der Waals surface area contributed by atoms with Crippen molar-refractivity contribution in [2.75, 3.05) is 13.6 Å². The maximum absolute atomic E-state index is 4.53. The molecular formula is C17H23N7S. The molecular weight excluding hydrogens is 334 g/mol. The molecule has 0 fully saturated rings.